The van der Waals surface area contributed by atoms with Crippen LogP contribution in [0.25, 0.3) is 0 Å². The van der Waals surface area contributed by atoms with Crippen molar-refractivity contribution >= 4 is 15.9 Å². The van der Waals surface area contributed by atoms with Crippen LogP contribution in [-0.2, 0) is 14.8 Å². The van der Waals surface area contributed by atoms with Gasteiger partial charge in [-0.05, 0) is 19.3 Å². The fourth-order valence-corrected chi connectivity index (χ4v) is 3.23. The largest absolute Gasteiger partial charge is 0.341 e. The average molecular weight is 291 g/mol. The first-order chi connectivity index (χ1) is 8.81. The third kappa shape index (κ3) is 6.35. The number of nitrogens with one attached hydrogen (secondary N) is 1. The molecule has 1 saturated heterocycles. The minimum Gasteiger partial charge on any atom is -0.341 e. The van der Waals surface area contributed by atoms with Crippen LogP contribution in [0.15, 0.2) is 0 Å². The molecule has 2 unspecified atom stereocenters. The number of hydrogen-bond acceptors (Lipinski definition) is 4. The van der Waals surface area contributed by atoms with Gasteiger partial charge in [0.05, 0.1) is 6.26 Å². The normalized spacial score (nSPS) is 22.3. The van der Waals surface area contributed by atoms with Crippen LogP contribution < -0.4 is 10.5 Å². The lowest BCUT2D eigenvalue weighted by Crippen LogP contribution is -2.50. The van der Waals surface area contributed by atoms with Crippen LogP contribution in [0.3, 0.4) is 0 Å². The van der Waals surface area contributed by atoms with E-state index < -0.39 is 10.0 Å². The molecule has 1 amide bonds. The molecule has 3 N–H and O–H groups in total. The fourth-order valence-electron chi connectivity index (χ4n) is 2.43. The lowest BCUT2D eigenvalue weighted by Gasteiger charge is -2.33. The first-order valence-electron chi connectivity index (χ1n) is 6.82. The zero-order valence-electron chi connectivity index (χ0n) is 11.8. The Morgan fingerprint density at radius 2 is 2.21 bits per heavy atom. The van der Waals surface area contributed by atoms with Crippen molar-refractivity contribution in [1.29, 1.82) is 0 Å². The molecule has 1 aliphatic rings. The highest BCUT2D eigenvalue weighted by atomic mass is 32.2. The topological polar surface area (TPSA) is 92.5 Å². The third-order valence-corrected chi connectivity index (χ3v) is 4.01. The van der Waals surface area contributed by atoms with Crippen LogP contribution in [-0.4, -0.2) is 50.7 Å². The van der Waals surface area contributed by atoms with E-state index in [4.69, 9.17) is 5.73 Å². The highest BCUT2D eigenvalue weighted by Gasteiger charge is 2.26. The van der Waals surface area contributed by atoms with Crippen LogP contribution in [0.5, 0.6) is 0 Å². The number of nitrogens with zero attached hydrogens (tertiary/aromatic N) is 1. The summed E-state index contributed by atoms with van der Waals surface area (Å²) < 4.78 is 25.0. The Balaban J connectivity index is 2.47. The van der Waals surface area contributed by atoms with E-state index in [-0.39, 0.29) is 18.0 Å². The second-order valence-corrected chi connectivity index (χ2v) is 7.10. The quantitative estimate of drug-likeness (QED) is 0.723. The van der Waals surface area contributed by atoms with Crippen molar-refractivity contribution < 1.29 is 13.2 Å². The third-order valence-electron chi connectivity index (χ3n) is 3.25. The Labute approximate surface area is 115 Å². The van der Waals surface area contributed by atoms with Gasteiger partial charge in [-0.25, -0.2) is 13.1 Å². The molecule has 0 aromatic heterocycles. The van der Waals surface area contributed by atoms with Gasteiger partial charge in [0, 0.05) is 31.6 Å². The van der Waals surface area contributed by atoms with Gasteiger partial charge in [0.15, 0.2) is 0 Å². The number of carbonyl (C=O) groups excluding carboxylic acids is 1. The Hall–Kier alpha value is -0.660. The number of amides is 1. The van der Waals surface area contributed by atoms with Gasteiger partial charge in [-0.15, -0.1) is 0 Å². The molecular weight excluding hydrogens is 266 g/mol. The zero-order chi connectivity index (χ0) is 14.5. The van der Waals surface area contributed by atoms with Crippen LogP contribution >= 0.6 is 0 Å². The van der Waals surface area contributed by atoms with E-state index in [1.165, 1.54) is 0 Å². The Kier molecular flexibility index (Phi) is 6.22. The summed E-state index contributed by atoms with van der Waals surface area (Å²) in [7, 11) is -3.22. The number of rotatable bonds is 6. The molecule has 0 aliphatic carbocycles. The summed E-state index contributed by atoms with van der Waals surface area (Å²) in [6, 6.07) is -0.268. The standard InChI is InChI=1S/C12H25N3O3S/c1-3-5-10(13)8-12(16)15-7-4-6-11(9-15)14-19(2,17)18/h10-11,14H,3-9,13H2,1-2H3. The van der Waals surface area contributed by atoms with Gasteiger partial charge in [-0.1, -0.05) is 13.3 Å². The van der Waals surface area contributed by atoms with E-state index in [0.29, 0.717) is 19.5 Å². The Bertz CT molecular complexity index is 397. The molecule has 19 heavy (non-hydrogen) atoms. The summed E-state index contributed by atoms with van der Waals surface area (Å²) in [4.78, 5) is 13.8. The summed E-state index contributed by atoms with van der Waals surface area (Å²) >= 11 is 0. The highest BCUT2D eigenvalue weighted by molar-refractivity contribution is 7.88. The second-order valence-electron chi connectivity index (χ2n) is 5.32. The van der Waals surface area contributed by atoms with Crippen molar-refractivity contribution in [2.45, 2.75) is 51.1 Å². The van der Waals surface area contributed by atoms with Gasteiger partial charge in [0.25, 0.3) is 0 Å². The first-order valence-corrected chi connectivity index (χ1v) is 8.71. The fraction of sp³-hybridized carbons (Fsp3) is 0.917. The van der Waals surface area contributed by atoms with Crippen LogP contribution in [0.2, 0.25) is 0 Å². The molecule has 1 aliphatic heterocycles. The maximum Gasteiger partial charge on any atom is 0.224 e. The minimum absolute atomic E-state index is 0.0287. The second kappa shape index (κ2) is 7.21. The molecule has 112 valence electrons. The van der Waals surface area contributed by atoms with E-state index in [1.807, 2.05) is 6.92 Å². The van der Waals surface area contributed by atoms with Crippen molar-refractivity contribution in [3.63, 3.8) is 0 Å². The van der Waals surface area contributed by atoms with Crippen LogP contribution in [0.1, 0.15) is 39.0 Å². The number of sulfonamides is 1. The van der Waals surface area contributed by atoms with E-state index in [0.717, 1.165) is 31.9 Å². The zero-order valence-corrected chi connectivity index (χ0v) is 12.6. The van der Waals surface area contributed by atoms with E-state index >= 15 is 0 Å². The summed E-state index contributed by atoms with van der Waals surface area (Å²) in [5.74, 6) is 0.0287. The van der Waals surface area contributed by atoms with E-state index in [9.17, 15) is 13.2 Å². The summed E-state index contributed by atoms with van der Waals surface area (Å²) in [6.45, 7) is 3.18. The predicted octanol–water partition coefficient (Wildman–Crippen LogP) is 0.0441. The summed E-state index contributed by atoms with van der Waals surface area (Å²) in [5.41, 5.74) is 5.87. The molecule has 6 nitrogen and oxygen atoms in total. The summed E-state index contributed by atoms with van der Waals surface area (Å²) in [6.07, 6.45) is 4.89. The first kappa shape index (κ1) is 16.4. The van der Waals surface area contributed by atoms with Gasteiger partial charge in [-0.2, -0.15) is 0 Å². The maximum atomic E-state index is 12.1. The van der Waals surface area contributed by atoms with Gasteiger partial charge in [0.2, 0.25) is 15.9 Å². The van der Waals surface area contributed by atoms with Crippen molar-refractivity contribution in [2.24, 2.45) is 5.73 Å². The molecule has 0 bridgehead atoms. The molecule has 0 aromatic rings. The molecule has 0 spiro atoms. The molecular formula is C12H25N3O3S. The number of carbonyl (C=O) groups is 1. The lowest BCUT2D eigenvalue weighted by molar-refractivity contribution is -0.132. The molecule has 1 fully saturated rings. The number of piperidine rings is 1. The predicted molar refractivity (Wildman–Crippen MR) is 75.1 cm³/mol. The Morgan fingerprint density at radius 3 is 2.79 bits per heavy atom. The van der Waals surface area contributed by atoms with Crippen molar-refractivity contribution in [3.8, 4) is 0 Å². The molecule has 1 rings (SSSR count). The number of likely N-dealkylation sites (tertiary alicyclic amines) is 1. The van der Waals surface area contributed by atoms with Gasteiger partial charge < -0.3 is 10.6 Å². The monoisotopic (exact) mass is 291 g/mol. The molecule has 7 heteroatoms. The van der Waals surface area contributed by atoms with Crippen molar-refractivity contribution in [3.05, 3.63) is 0 Å². The van der Waals surface area contributed by atoms with E-state index in [2.05, 4.69) is 4.72 Å². The molecule has 1 heterocycles. The lowest BCUT2D eigenvalue weighted by atomic mass is 10.0. The molecule has 0 saturated carbocycles. The van der Waals surface area contributed by atoms with Gasteiger partial charge >= 0.3 is 0 Å². The maximum absolute atomic E-state index is 12.1. The smallest absolute Gasteiger partial charge is 0.224 e. The number of nitrogens with two attached hydrogens (primary N) is 1. The van der Waals surface area contributed by atoms with Crippen LogP contribution in [0.4, 0.5) is 0 Å². The van der Waals surface area contributed by atoms with E-state index in [1.54, 1.807) is 4.90 Å². The van der Waals surface area contributed by atoms with Crippen molar-refractivity contribution in [2.75, 3.05) is 19.3 Å². The summed E-state index contributed by atoms with van der Waals surface area (Å²) in [5, 5.41) is 0. The molecule has 0 aromatic carbocycles. The van der Waals surface area contributed by atoms with Gasteiger partial charge in [-0.3, -0.25) is 4.79 Å². The van der Waals surface area contributed by atoms with Gasteiger partial charge in [0.1, 0.15) is 0 Å². The van der Waals surface area contributed by atoms with Crippen molar-refractivity contribution in [1.82, 2.24) is 9.62 Å². The molecule has 2 atom stereocenters. The number of hydrogen-bond donors (Lipinski definition) is 2. The SMILES string of the molecule is CCCC(N)CC(=O)N1CCCC(NS(C)(=O)=O)C1. The highest BCUT2D eigenvalue weighted by Crippen LogP contribution is 2.13. The van der Waals surface area contributed by atoms with Crippen LogP contribution in [0, 0.1) is 0 Å². The molecule has 0 radical (unpaired) electrons. The average Bonchev–Trinajstić information content (AvgIpc) is 2.27. The Morgan fingerprint density at radius 1 is 1.53 bits per heavy atom. The minimum atomic E-state index is -3.22.